The molecule has 0 radical (unpaired) electrons. The van der Waals surface area contributed by atoms with Crippen LogP contribution < -0.4 is 10.1 Å². The molecule has 1 N–H and O–H groups in total. The monoisotopic (exact) mass is 355 g/mol. The van der Waals surface area contributed by atoms with E-state index in [1.165, 1.54) is 29.6 Å². The third-order valence-electron chi connectivity index (χ3n) is 3.18. The number of hydrogen-bond donors (Lipinski definition) is 1. The fourth-order valence-corrected chi connectivity index (χ4v) is 3.90. The lowest BCUT2D eigenvalue weighted by molar-refractivity contribution is -0.114. The van der Waals surface area contributed by atoms with Crippen molar-refractivity contribution in [2.24, 2.45) is 4.99 Å². The minimum Gasteiger partial charge on any atom is -0.326 e. The molecule has 120 valence electrons. The zero-order chi connectivity index (χ0) is 17.1. The molecule has 2 aromatic heterocycles. The summed E-state index contributed by atoms with van der Waals surface area (Å²) in [6.45, 7) is 1.77. The predicted octanol–water partition coefficient (Wildman–Crippen LogP) is 3.10. The lowest BCUT2D eigenvalue weighted by Gasteiger charge is -2.03. The van der Waals surface area contributed by atoms with Gasteiger partial charge in [-0.2, -0.15) is 4.99 Å². The molecule has 24 heavy (non-hydrogen) atoms. The van der Waals surface area contributed by atoms with Crippen molar-refractivity contribution in [3.63, 3.8) is 0 Å². The van der Waals surface area contributed by atoms with E-state index in [9.17, 15) is 9.59 Å². The van der Waals surface area contributed by atoms with Crippen LogP contribution >= 0.6 is 22.7 Å². The van der Waals surface area contributed by atoms with Crippen LogP contribution in [0.4, 0.5) is 5.69 Å². The number of hydrogen-bond acceptors (Lipinski definition) is 4. The van der Waals surface area contributed by atoms with Gasteiger partial charge < -0.3 is 9.88 Å². The summed E-state index contributed by atoms with van der Waals surface area (Å²) in [5.41, 5.74) is 1.57. The summed E-state index contributed by atoms with van der Waals surface area (Å²) in [5, 5.41) is 4.58. The summed E-state index contributed by atoms with van der Waals surface area (Å²) >= 11 is 2.71. The van der Waals surface area contributed by atoms with Crippen molar-refractivity contribution in [3.8, 4) is 12.3 Å². The van der Waals surface area contributed by atoms with Crippen LogP contribution in [0.3, 0.4) is 0 Å². The highest BCUT2D eigenvalue weighted by Crippen LogP contribution is 2.22. The van der Waals surface area contributed by atoms with Gasteiger partial charge in [-0.3, -0.25) is 9.59 Å². The normalized spacial score (nSPS) is 11.4. The fourth-order valence-electron chi connectivity index (χ4n) is 2.23. The van der Waals surface area contributed by atoms with Gasteiger partial charge in [-0.05, 0) is 29.6 Å². The van der Waals surface area contributed by atoms with Crippen LogP contribution in [0.25, 0.3) is 10.2 Å². The summed E-state index contributed by atoms with van der Waals surface area (Å²) in [5.74, 6) is 2.16. The fraction of sp³-hybridized carbons (Fsp3) is 0.118. The van der Waals surface area contributed by atoms with E-state index in [1.807, 2.05) is 28.1 Å². The van der Waals surface area contributed by atoms with Gasteiger partial charge in [0.25, 0.3) is 5.91 Å². The maximum absolute atomic E-state index is 12.2. The third kappa shape index (κ3) is 3.30. The summed E-state index contributed by atoms with van der Waals surface area (Å²) in [4.78, 5) is 28.8. The van der Waals surface area contributed by atoms with Crippen LogP contribution in [0, 0.1) is 12.3 Å². The summed E-state index contributed by atoms with van der Waals surface area (Å²) < 4.78 is 2.72. The molecule has 0 atom stereocenters. The van der Waals surface area contributed by atoms with E-state index in [0.717, 1.165) is 10.2 Å². The highest BCUT2D eigenvalue weighted by Gasteiger charge is 2.10. The lowest BCUT2D eigenvalue weighted by atomic mass is 10.3. The summed E-state index contributed by atoms with van der Waals surface area (Å²) in [6, 6.07) is 9.07. The highest BCUT2D eigenvalue weighted by molar-refractivity contribution is 7.16. The van der Waals surface area contributed by atoms with Gasteiger partial charge in [0.1, 0.15) is 0 Å². The van der Waals surface area contributed by atoms with Crippen molar-refractivity contribution in [2.45, 2.75) is 13.5 Å². The molecular weight excluding hydrogens is 342 g/mol. The van der Waals surface area contributed by atoms with E-state index in [-0.39, 0.29) is 11.8 Å². The molecule has 2 heterocycles. The number of carbonyl (C=O) groups is 2. The molecule has 3 aromatic rings. The number of amides is 2. The number of terminal acetylenes is 1. The van der Waals surface area contributed by atoms with E-state index in [4.69, 9.17) is 6.42 Å². The standard InChI is InChI=1S/C17H13N3O2S2/c1-3-8-20-13-7-6-12(18-11(2)21)10-15(13)24-17(20)19-16(22)14-5-4-9-23-14/h1,4-7,9-10H,8H2,2H3,(H,18,21). The van der Waals surface area contributed by atoms with E-state index in [2.05, 4.69) is 16.2 Å². The average molecular weight is 355 g/mol. The van der Waals surface area contributed by atoms with Crippen molar-refractivity contribution in [3.05, 3.63) is 45.4 Å². The SMILES string of the molecule is C#CCn1c(=NC(=O)c2cccs2)sc2cc(NC(C)=O)ccc21. The van der Waals surface area contributed by atoms with Crippen molar-refractivity contribution < 1.29 is 9.59 Å². The molecule has 0 bridgehead atoms. The molecule has 0 saturated heterocycles. The Bertz CT molecular complexity index is 1020. The first-order chi connectivity index (χ1) is 11.6. The van der Waals surface area contributed by atoms with E-state index < -0.39 is 0 Å². The average Bonchev–Trinajstić information content (AvgIpc) is 3.16. The predicted molar refractivity (Wildman–Crippen MR) is 97.2 cm³/mol. The number of thiophene rings is 1. The molecule has 7 heteroatoms. The van der Waals surface area contributed by atoms with Crippen LogP contribution in [-0.4, -0.2) is 16.4 Å². The Morgan fingerprint density at radius 3 is 2.88 bits per heavy atom. The van der Waals surface area contributed by atoms with Crippen LogP contribution in [0.2, 0.25) is 0 Å². The van der Waals surface area contributed by atoms with Crippen molar-refractivity contribution in [1.82, 2.24) is 4.57 Å². The molecule has 2 amide bonds. The molecule has 1 aromatic carbocycles. The molecule has 0 aliphatic heterocycles. The van der Waals surface area contributed by atoms with E-state index in [0.29, 0.717) is 21.9 Å². The highest BCUT2D eigenvalue weighted by atomic mass is 32.1. The molecule has 0 fully saturated rings. The number of nitrogens with zero attached hydrogens (tertiary/aromatic N) is 2. The number of aromatic nitrogens is 1. The van der Waals surface area contributed by atoms with Crippen molar-refractivity contribution >= 4 is 50.4 Å². The number of rotatable bonds is 3. The topological polar surface area (TPSA) is 63.5 Å². The second-order valence-electron chi connectivity index (χ2n) is 4.93. The first kappa shape index (κ1) is 16.2. The van der Waals surface area contributed by atoms with Crippen molar-refractivity contribution in [2.75, 3.05) is 5.32 Å². The summed E-state index contributed by atoms with van der Waals surface area (Å²) in [6.07, 6.45) is 5.45. The minimum atomic E-state index is -0.288. The zero-order valence-electron chi connectivity index (χ0n) is 12.8. The molecule has 3 rings (SSSR count). The van der Waals surface area contributed by atoms with Gasteiger partial charge in [-0.1, -0.05) is 23.3 Å². The van der Waals surface area contributed by atoms with Crippen molar-refractivity contribution in [1.29, 1.82) is 0 Å². The molecular formula is C17H13N3O2S2. The number of anilines is 1. The Labute approximate surface area is 146 Å². The molecule has 0 saturated carbocycles. The maximum atomic E-state index is 12.2. The van der Waals surface area contributed by atoms with Crippen LogP contribution in [-0.2, 0) is 11.3 Å². The van der Waals surface area contributed by atoms with Gasteiger partial charge in [0.2, 0.25) is 5.91 Å². The molecule has 0 aliphatic rings. The first-order valence-electron chi connectivity index (χ1n) is 7.05. The van der Waals surface area contributed by atoms with Gasteiger partial charge in [0.05, 0.1) is 21.6 Å². The van der Waals surface area contributed by atoms with E-state index in [1.54, 1.807) is 12.1 Å². The maximum Gasteiger partial charge on any atom is 0.289 e. The van der Waals surface area contributed by atoms with E-state index >= 15 is 0 Å². The van der Waals surface area contributed by atoms with Crippen LogP contribution in [0.15, 0.2) is 40.7 Å². The second kappa shape index (κ2) is 6.83. The van der Waals surface area contributed by atoms with Crippen LogP contribution in [0.1, 0.15) is 16.6 Å². The second-order valence-corrected chi connectivity index (χ2v) is 6.89. The Morgan fingerprint density at radius 1 is 1.38 bits per heavy atom. The van der Waals surface area contributed by atoms with Crippen LogP contribution in [0.5, 0.6) is 0 Å². The number of fused-ring (bicyclic) bond motifs is 1. The quantitative estimate of drug-likeness (QED) is 0.734. The Hall–Kier alpha value is -2.69. The molecule has 0 aliphatic carbocycles. The Kier molecular flexibility index (Phi) is 4.60. The van der Waals surface area contributed by atoms with Gasteiger partial charge in [0.15, 0.2) is 4.80 Å². The van der Waals surface area contributed by atoms with Gasteiger partial charge in [0, 0.05) is 12.6 Å². The Morgan fingerprint density at radius 2 is 2.21 bits per heavy atom. The van der Waals surface area contributed by atoms with Gasteiger partial charge >= 0.3 is 0 Å². The molecule has 5 nitrogen and oxygen atoms in total. The smallest absolute Gasteiger partial charge is 0.289 e. The summed E-state index contributed by atoms with van der Waals surface area (Å²) in [7, 11) is 0. The minimum absolute atomic E-state index is 0.139. The van der Waals surface area contributed by atoms with Gasteiger partial charge in [-0.15, -0.1) is 17.8 Å². The zero-order valence-corrected chi connectivity index (χ0v) is 14.4. The van der Waals surface area contributed by atoms with Gasteiger partial charge in [-0.25, -0.2) is 0 Å². The molecule has 0 unspecified atom stereocenters. The number of benzene rings is 1. The first-order valence-corrected chi connectivity index (χ1v) is 8.75. The number of carbonyl (C=O) groups excluding carboxylic acids is 2. The largest absolute Gasteiger partial charge is 0.326 e. The third-order valence-corrected chi connectivity index (χ3v) is 5.08. The lowest BCUT2D eigenvalue weighted by Crippen LogP contribution is -2.16. The molecule has 0 spiro atoms. The number of nitrogens with one attached hydrogen (secondary N) is 1. The number of thiazole rings is 1. The Balaban J connectivity index is 2.12.